The second-order valence-electron chi connectivity index (χ2n) is 5.62. The topological polar surface area (TPSA) is 12.4 Å². The Hall–Kier alpha value is -0.525. The smallest absolute Gasteiger partial charge is 0.136 e. The van der Waals surface area contributed by atoms with E-state index in [1.807, 2.05) is 6.92 Å². The van der Waals surface area contributed by atoms with Crippen LogP contribution in [0.5, 0.6) is 0 Å². The third-order valence-electron chi connectivity index (χ3n) is 1.34. The van der Waals surface area contributed by atoms with Crippen LogP contribution in [0.25, 0.3) is 0 Å². The summed E-state index contributed by atoms with van der Waals surface area (Å²) < 4.78 is 0. The highest BCUT2D eigenvalue weighted by Crippen LogP contribution is 2.14. The molecule has 0 spiro atoms. The van der Waals surface area contributed by atoms with Crippen LogP contribution in [0.3, 0.4) is 0 Å². The van der Waals surface area contributed by atoms with E-state index in [2.05, 4.69) is 59.6 Å². The van der Waals surface area contributed by atoms with E-state index in [4.69, 9.17) is 0 Å². The molecule has 0 saturated carbocycles. The summed E-state index contributed by atoms with van der Waals surface area (Å²) in [5.74, 6) is 0. The maximum absolute atomic E-state index is 4.54. The number of nitrogens with zero attached hydrogens (tertiary/aromatic N) is 1. The van der Waals surface area contributed by atoms with Gasteiger partial charge in [-0.2, -0.15) is 0 Å². The van der Waals surface area contributed by atoms with Crippen LogP contribution in [0.1, 0.15) is 41.5 Å². The summed E-state index contributed by atoms with van der Waals surface area (Å²) in [6, 6.07) is 0. The first-order valence-electron chi connectivity index (χ1n) is 4.86. The molecule has 0 saturated heterocycles. The highest BCUT2D eigenvalue weighted by Gasteiger charge is 2.07. The van der Waals surface area contributed by atoms with Gasteiger partial charge in [-0.15, -0.1) is 0 Å². The zero-order valence-corrected chi connectivity index (χ0v) is 10.1. The van der Waals surface area contributed by atoms with Crippen molar-refractivity contribution in [3.63, 3.8) is 0 Å². The van der Waals surface area contributed by atoms with Crippen LogP contribution in [0.15, 0.2) is 17.1 Å². The monoisotopic (exact) mass is 179 g/mol. The van der Waals surface area contributed by atoms with E-state index in [9.17, 15) is 0 Å². The molecule has 13 heavy (non-hydrogen) atoms. The third kappa shape index (κ3) is 9.39. The van der Waals surface area contributed by atoms with Crippen LogP contribution in [0.2, 0.25) is 0 Å². The van der Waals surface area contributed by atoms with Gasteiger partial charge >= 0.3 is 0 Å². The molecule has 74 valence electrons. The second-order valence-corrected chi connectivity index (χ2v) is 5.62. The Morgan fingerprint density at radius 1 is 1.15 bits per heavy atom. The second kappa shape index (κ2) is 4.12. The predicted octanol–water partition coefficient (Wildman–Crippen LogP) is 2.42. The fraction of sp³-hybridized carbons (Fsp3) is 0.727. The van der Waals surface area contributed by atoms with E-state index in [-0.39, 0.29) is 10.9 Å². The molecule has 0 aliphatic rings. The average molecular weight is 179 g/mol. The number of rotatable bonds is 2. The maximum atomic E-state index is 4.54. The molecule has 0 N–H and O–H groups in total. The van der Waals surface area contributed by atoms with E-state index in [0.717, 1.165) is 5.71 Å². The Bertz CT molecular complexity index is 213. The predicted molar refractivity (Wildman–Crippen MR) is 64.3 cm³/mol. The van der Waals surface area contributed by atoms with E-state index < -0.39 is 0 Å². The molecule has 0 radical (unpaired) electrons. The highest BCUT2D eigenvalue weighted by atomic mass is 14.8. The van der Waals surface area contributed by atoms with E-state index >= 15 is 0 Å². The van der Waals surface area contributed by atoms with Gasteiger partial charge in [-0.05, 0) is 32.3 Å². The van der Waals surface area contributed by atoms with Crippen molar-refractivity contribution in [2.24, 2.45) is 10.4 Å². The molecule has 0 unspecified atom stereocenters. The van der Waals surface area contributed by atoms with Crippen molar-refractivity contribution in [3.8, 4) is 0 Å². The molecule has 0 aromatic carbocycles. The number of hydrogen-bond donors (Lipinski definition) is 0. The number of aliphatic imine (C=N–C) groups is 1. The molecule has 0 atom stereocenters. The lowest BCUT2D eigenvalue weighted by Gasteiger charge is -2.14. The Balaban J connectivity index is 4.40. The number of allylic oxidation sites excluding steroid dienone is 2. The van der Waals surface area contributed by atoms with Crippen LogP contribution in [-0.2, 0) is 0 Å². The summed E-state index contributed by atoms with van der Waals surface area (Å²) >= 11 is 0. The summed E-state index contributed by atoms with van der Waals surface area (Å²) in [7, 11) is 2.11. The lowest BCUT2D eigenvalue weighted by Crippen LogP contribution is -2.17. The molecule has 0 aliphatic carbocycles. The lowest BCUT2D eigenvalue weighted by molar-refractivity contribution is 0.544. The van der Waals surface area contributed by atoms with Crippen molar-refractivity contribution in [1.82, 2.24) is 0 Å². The summed E-state index contributed by atoms with van der Waals surface area (Å²) in [6.07, 6.45) is 4.29. The van der Waals surface area contributed by atoms with Crippen molar-refractivity contribution < 1.29 is 0 Å². The first-order valence-corrected chi connectivity index (χ1v) is 4.86. The summed E-state index contributed by atoms with van der Waals surface area (Å²) in [4.78, 5) is 4.54. The minimum atomic E-state index is 0.0340. The van der Waals surface area contributed by atoms with Crippen molar-refractivity contribution in [2.45, 2.75) is 47.0 Å². The van der Waals surface area contributed by atoms with Crippen molar-refractivity contribution in [2.75, 3.05) is 0 Å². The van der Waals surface area contributed by atoms with Gasteiger partial charge < -0.3 is 0 Å². The Labute approximate surface area is 83.7 Å². The van der Waals surface area contributed by atoms with Crippen molar-refractivity contribution >= 4 is 13.6 Å². The molecule has 0 aliphatic heterocycles. The van der Waals surface area contributed by atoms with Gasteiger partial charge in [0, 0.05) is 11.1 Å². The van der Waals surface area contributed by atoms with Gasteiger partial charge in [-0.3, -0.25) is 4.99 Å². The zero-order chi connectivity index (χ0) is 10.7. The van der Waals surface area contributed by atoms with Crippen LogP contribution in [0, 0.1) is 5.41 Å². The first kappa shape index (κ1) is 12.5. The molecular formula is C11H22BN. The Morgan fingerprint density at radius 2 is 1.62 bits per heavy atom. The molecule has 0 heterocycles. The number of hydrogen-bond acceptors (Lipinski definition) is 1. The fourth-order valence-corrected chi connectivity index (χ4v) is 0.937. The Kier molecular flexibility index (Phi) is 3.96. The van der Waals surface area contributed by atoms with Gasteiger partial charge in [-0.1, -0.05) is 26.8 Å². The van der Waals surface area contributed by atoms with Crippen molar-refractivity contribution in [3.05, 3.63) is 12.2 Å². The molecule has 2 heteroatoms. The van der Waals surface area contributed by atoms with Gasteiger partial charge in [0.2, 0.25) is 0 Å². The van der Waals surface area contributed by atoms with Gasteiger partial charge in [0.05, 0.1) is 0 Å². The SMILES string of the molecule is BC(C)(C)/N=C(C)\C=C/C(C)(C)C. The van der Waals surface area contributed by atoms with Crippen LogP contribution in [-0.4, -0.2) is 19.0 Å². The standard InChI is InChI=1S/C11H22BN/c1-9(13-11(5,6)12)7-8-10(2,3)4/h7-8H,12H2,1-6H3/b8-7-,13-9-. The summed E-state index contributed by atoms with van der Waals surface area (Å²) in [5, 5.41) is 0. The molecule has 0 fully saturated rings. The molecule has 0 rings (SSSR count). The fourth-order valence-electron chi connectivity index (χ4n) is 0.937. The van der Waals surface area contributed by atoms with Crippen LogP contribution in [0.4, 0.5) is 0 Å². The molecular weight excluding hydrogens is 157 g/mol. The minimum absolute atomic E-state index is 0.0340. The van der Waals surface area contributed by atoms with E-state index in [0.29, 0.717) is 0 Å². The van der Waals surface area contributed by atoms with Gasteiger partial charge in [0.1, 0.15) is 7.85 Å². The van der Waals surface area contributed by atoms with Gasteiger partial charge in [0.15, 0.2) is 0 Å². The van der Waals surface area contributed by atoms with Crippen LogP contribution >= 0.6 is 0 Å². The van der Waals surface area contributed by atoms with Crippen LogP contribution < -0.4 is 0 Å². The van der Waals surface area contributed by atoms with Gasteiger partial charge in [-0.25, -0.2) is 0 Å². The zero-order valence-electron chi connectivity index (χ0n) is 10.1. The molecule has 1 nitrogen and oxygen atoms in total. The quantitative estimate of drug-likeness (QED) is 0.456. The molecule has 0 aromatic heterocycles. The molecule has 0 amide bonds. The van der Waals surface area contributed by atoms with Crippen molar-refractivity contribution in [1.29, 1.82) is 0 Å². The van der Waals surface area contributed by atoms with Gasteiger partial charge in [0.25, 0.3) is 0 Å². The largest absolute Gasteiger partial charge is 0.293 e. The summed E-state index contributed by atoms with van der Waals surface area (Å²) in [6.45, 7) is 12.8. The third-order valence-corrected chi connectivity index (χ3v) is 1.34. The average Bonchev–Trinajstić information content (AvgIpc) is 1.78. The Morgan fingerprint density at radius 3 is 1.92 bits per heavy atom. The molecule has 0 bridgehead atoms. The maximum Gasteiger partial charge on any atom is 0.136 e. The molecule has 0 aromatic rings. The van der Waals surface area contributed by atoms with E-state index in [1.165, 1.54) is 0 Å². The minimum Gasteiger partial charge on any atom is -0.293 e. The van der Waals surface area contributed by atoms with E-state index in [1.54, 1.807) is 0 Å². The first-order chi connectivity index (χ1) is 5.60. The normalized spacial score (nSPS) is 15.4. The highest BCUT2D eigenvalue weighted by molar-refractivity contribution is 6.16. The lowest BCUT2D eigenvalue weighted by atomic mass is 9.82. The summed E-state index contributed by atoms with van der Waals surface area (Å²) in [5.41, 5.74) is 1.38.